The highest BCUT2D eigenvalue weighted by molar-refractivity contribution is 5.39. The molecule has 0 saturated carbocycles. The van der Waals surface area contributed by atoms with Gasteiger partial charge in [0.05, 0.1) is 6.61 Å². The number of likely N-dealkylation sites (tertiary alicyclic amines) is 1. The van der Waals surface area contributed by atoms with Crippen LogP contribution in [0.4, 0.5) is 0 Å². The molecule has 0 unspecified atom stereocenters. The Morgan fingerprint density at radius 2 is 1.72 bits per heavy atom. The van der Waals surface area contributed by atoms with Gasteiger partial charge in [0.1, 0.15) is 5.75 Å². The zero-order chi connectivity index (χ0) is 12.8. The van der Waals surface area contributed by atoms with Gasteiger partial charge >= 0.3 is 0 Å². The van der Waals surface area contributed by atoms with Crippen molar-refractivity contribution in [2.45, 2.75) is 39.5 Å². The second kappa shape index (κ2) is 6.79. The van der Waals surface area contributed by atoms with E-state index in [2.05, 4.69) is 36.9 Å². The minimum Gasteiger partial charge on any atom is -0.493 e. The standard InChI is InChI=1S/C16H25NO/c1-14-8-6-9-15(2)16(14)18-13-7-12-17-10-4-3-5-11-17/h6,8-9H,3-5,7,10-13H2,1-2H3. The fraction of sp³-hybridized carbons (Fsp3) is 0.625. The van der Waals surface area contributed by atoms with Crippen LogP contribution < -0.4 is 4.74 Å². The van der Waals surface area contributed by atoms with Gasteiger partial charge in [-0.1, -0.05) is 24.6 Å². The minimum atomic E-state index is 0.836. The molecule has 1 heterocycles. The lowest BCUT2D eigenvalue weighted by Crippen LogP contribution is -2.31. The average Bonchev–Trinajstić information content (AvgIpc) is 2.38. The first kappa shape index (κ1) is 13.4. The molecule has 1 aliphatic heterocycles. The highest BCUT2D eigenvalue weighted by Gasteiger charge is 2.09. The zero-order valence-corrected chi connectivity index (χ0v) is 11.7. The van der Waals surface area contributed by atoms with Crippen LogP contribution in [0.5, 0.6) is 5.75 Å². The van der Waals surface area contributed by atoms with E-state index in [4.69, 9.17) is 4.74 Å². The smallest absolute Gasteiger partial charge is 0.125 e. The maximum Gasteiger partial charge on any atom is 0.125 e. The Kier molecular flexibility index (Phi) is 5.06. The number of hydrogen-bond acceptors (Lipinski definition) is 2. The number of aryl methyl sites for hydroxylation is 2. The Morgan fingerprint density at radius 3 is 2.39 bits per heavy atom. The van der Waals surface area contributed by atoms with Crippen LogP contribution >= 0.6 is 0 Å². The lowest BCUT2D eigenvalue weighted by Gasteiger charge is -2.26. The molecule has 2 rings (SSSR count). The zero-order valence-electron chi connectivity index (χ0n) is 11.7. The molecule has 0 radical (unpaired) electrons. The van der Waals surface area contributed by atoms with E-state index in [0.29, 0.717) is 0 Å². The van der Waals surface area contributed by atoms with E-state index >= 15 is 0 Å². The highest BCUT2D eigenvalue weighted by atomic mass is 16.5. The minimum absolute atomic E-state index is 0.836. The molecule has 0 aliphatic carbocycles. The summed E-state index contributed by atoms with van der Waals surface area (Å²) in [5.74, 6) is 1.08. The lowest BCUT2D eigenvalue weighted by molar-refractivity contribution is 0.204. The maximum absolute atomic E-state index is 5.93. The third kappa shape index (κ3) is 3.74. The van der Waals surface area contributed by atoms with Crippen molar-refractivity contribution in [3.63, 3.8) is 0 Å². The van der Waals surface area contributed by atoms with Gasteiger partial charge in [-0.05, 0) is 57.3 Å². The molecule has 2 heteroatoms. The fourth-order valence-corrected chi connectivity index (χ4v) is 2.67. The van der Waals surface area contributed by atoms with E-state index in [-0.39, 0.29) is 0 Å². The van der Waals surface area contributed by atoms with E-state index in [1.807, 2.05) is 0 Å². The monoisotopic (exact) mass is 247 g/mol. The van der Waals surface area contributed by atoms with E-state index in [0.717, 1.165) is 18.8 Å². The summed E-state index contributed by atoms with van der Waals surface area (Å²) in [4.78, 5) is 2.57. The van der Waals surface area contributed by atoms with Crippen LogP contribution in [0.25, 0.3) is 0 Å². The number of para-hydroxylation sites is 1. The molecule has 1 aromatic rings. The van der Waals surface area contributed by atoms with Crippen LogP contribution in [0.1, 0.15) is 36.8 Å². The second-order valence-corrected chi connectivity index (χ2v) is 5.33. The Balaban J connectivity index is 1.71. The van der Waals surface area contributed by atoms with Gasteiger partial charge in [0.2, 0.25) is 0 Å². The molecule has 0 N–H and O–H groups in total. The molecular weight excluding hydrogens is 222 g/mol. The topological polar surface area (TPSA) is 12.5 Å². The number of piperidine rings is 1. The van der Waals surface area contributed by atoms with Crippen LogP contribution in [0.3, 0.4) is 0 Å². The third-order valence-corrected chi connectivity index (χ3v) is 3.72. The Morgan fingerprint density at radius 1 is 1.06 bits per heavy atom. The summed E-state index contributed by atoms with van der Waals surface area (Å²) in [7, 11) is 0. The first-order valence-electron chi connectivity index (χ1n) is 7.19. The molecule has 1 aliphatic rings. The van der Waals surface area contributed by atoms with Crippen molar-refractivity contribution < 1.29 is 4.74 Å². The van der Waals surface area contributed by atoms with Gasteiger partial charge in [0.15, 0.2) is 0 Å². The van der Waals surface area contributed by atoms with E-state index in [1.54, 1.807) is 0 Å². The molecule has 2 nitrogen and oxygen atoms in total. The Labute approximate surface area is 111 Å². The Bertz CT molecular complexity index is 349. The molecule has 100 valence electrons. The summed E-state index contributed by atoms with van der Waals surface area (Å²) >= 11 is 0. The largest absolute Gasteiger partial charge is 0.493 e. The van der Waals surface area contributed by atoms with Gasteiger partial charge in [0, 0.05) is 6.54 Å². The second-order valence-electron chi connectivity index (χ2n) is 5.33. The van der Waals surface area contributed by atoms with E-state index in [1.165, 1.54) is 50.0 Å². The molecule has 1 fully saturated rings. The van der Waals surface area contributed by atoms with Crippen molar-refractivity contribution in [2.75, 3.05) is 26.2 Å². The van der Waals surface area contributed by atoms with Gasteiger partial charge in [0.25, 0.3) is 0 Å². The number of ether oxygens (including phenoxy) is 1. The summed E-state index contributed by atoms with van der Waals surface area (Å²) in [6.45, 7) is 8.82. The van der Waals surface area contributed by atoms with Crippen molar-refractivity contribution in [3.8, 4) is 5.75 Å². The van der Waals surface area contributed by atoms with Gasteiger partial charge in [-0.15, -0.1) is 0 Å². The molecule has 0 aromatic heterocycles. The number of benzene rings is 1. The third-order valence-electron chi connectivity index (χ3n) is 3.72. The predicted molar refractivity (Wildman–Crippen MR) is 76.3 cm³/mol. The molecule has 18 heavy (non-hydrogen) atoms. The predicted octanol–water partition coefficient (Wildman–Crippen LogP) is 3.56. The van der Waals surface area contributed by atoms with Crippen molar-refractivity contribution >= 4 is 0 Å². The van der Waals surface area contributed by atoms with Crippen LogP contribution in [-0.2, 0) is 0 Å². The van der Waals surface area contributed by atoms with Crippen molar-refractivity contribution in [1.29, 1.82) is 0 Å². The quantitative estimate of drug-likeness (QED) is 0.738. The molecule has 1 saturated heterocycles. The summed E-state index contributed by atoms with van der Waals surface area (Å²) in [5, 5.41) is 0. The summed E-state index contributed by atoms with van der Waals surface area (Å²) in [6, 6.07) is 6.32. The van der Waals surface area contributed by atoms with Gasteiger partial charge in [-0.3, -0.25) is 0 Å². The van der Waals surface area contributed by atoms with Gasteiger partial charge in [-0.2, -0.15) is 0 Å². The Hall–Kier alpha value is -1.02. The molecule has 0 atom stereocenters. The van der Waals surface area contributed by atoms with Gasteiger partial charge < -0.3 is 9.64 Å². The fourth-order valence-electron chi connectivity index (χ4n) is 2.67. The summed E-state index contributed by atoms with van der Waals surface area (Å²) in [6.07, 6.45) is 5.29. The van der Waals surface area contributed by atoms with Crippen LogP contribution in [0.15, 0.2) is 18.2 Å². The molecule has 0 spiro atoms. The average molecular weight is 247 g/mol. The number of hydrogen-bond donors (Lipinski definition) is 0. The van der Waals surface area contributed by atoms with E-state index in [9.17, 15) is 0 Å². The van der Waals surface area contributed by atoms with Crippen molar-refractivity contribution in [3.05, 3.63) is 29.3 Å². The lowest BCUT2D eigenvalue weighted by atomic mass is 10.1. The first-order chi connectivity index (χ1) is 8.77. The summed E-state index contributed by atoms with van der Waals surface area (Å²) in [5.41, 5.74) is 2.49. The van der Waals surface area contributed by atoms with E-state index < -0.39 is 0 Å². The highest BCUT2D eigenvalue weighted by Crippen LogP contribution is 2.22. The molecule has 1 aromatic carbocycles. The maximum atomic E-state index is 5.93. The molecule has 0 bridgehead atoms. The molecular formula is C16H25NO. The number of rotatable bonds is 5. The van der Waals surface area contributed by atoms with Crippen LogP contribution in [0, 0.1) is 13.8 Å². The van der Waals surface area contributed by atoms with Gasteiger partial charge in [-0.25, -0.2) is 0 Å². The molecule has 0 amide bonds. The van der Waals surface area contributed by atoms with Crippen molar-refractivity contribution in [2.24, 2.45) is 0 Å². The van der Waals surface area contributed by atoms with Crippen LogP contribution in [0.2, 0.25) is 0 Å². The van der Waals surface area contributed by atoms with Crippen LogP contribution in [-0.4, -0.2) is 31.1 Å². The first-order valence-corrected chi connectivity index (χ1v) is 7.19. The van der Waals surface area contributed by atoms with Crippen molar-refractivity contribution in [1.82, 2.24) is 4.90 Å². The normalized spacial score (nSPS) is 16.8. The number of nitrogens with zero attached hydrogens (tertiary/aromatic N) is 1. The summed E-state index contributed by atoms with van der Waals surface area (Å²) < 4.78 is 5.93. The SMILES string of the molecule is Cc1cccc(C)c1OCCCN1CCCCC1.